The van der Waals surface area contributed by atoms with Crippen molar-refractivity contribution in [1.82, 2.24) is 9.97 Å². The fourth-order valence-corrected chi connectivity index (χ4v) is 1.75. The number of anilines is 1. The lowest BCUT2D eigenvalue weighted by molar-refractivity contribution is -0.117. The molecule has 2 aromatic rings. The van der Waals surface area contributed by atoms with Crippen LogP contribution in [0.2, 0.25) is 0 Å². The Morgan fingerprint density at radius 1 is 1.35 bits per heavy atom. The van der Waals surface area contributed by atoms with Gasteiger partial charge in [-0.3, -0.25) is 4.79 Å². The topological polar surface area (TPSA) is 99.4 Å². The number of nitrogens with one attached hydrogen (secondary N) is 1. The first-order chi connectivity index (χ1) is 11.0. The molecule has 1 heterocycles. The largest absolute Gasteiger partial charge is 0.493 e. The SMILES string of the molecule is CCOc1cc(Oc2ncc(NC(=O)[C@@H](C)N)cn2)ccc1C. The molecule has 0 unspecified atom stereocenters. The maximum Gasteiger partial charge on any atom is 0.322 e. The van der Waals surface area contributed by atoms with Crippen LogP contribution in [-0.2, 0) is 4.79 Å². The monoisotopic (exact) mass is 316 g/mol. The fourth-order valence-electron chi connectivity index (χ4n) is 1.75. The molecule has 7 nitrogen and oxygen atoms in total. The third kappa shape index (κ3) is 4.65. The van der Waals surface area contributed by atoms with Crippen molar-refractivity contribution in [1.29, 1.82) is 0 Å². The van der Waals surface area contributed by atoms with E-state index >= 15 is 0 Å². The maximum atomic E-state index is 11.5. The summed E-state index contributed by atoms with van der Waals surface area (Å²) < 4.78 is 11.1. The Morgan fingerprint density at radius 3 is 2.65 bits per heavy atom. The van der Waals surface area contributed by atoms with Gasteiger partial charge in [0.05, 0.1) is 30.7 Å². The van der Waals surface area contributed by atoms with Crippen LogP contribution in [0.4, 0.5) is 5.69 Å². The summed E-state index contributed by atoms with van der Waals surface area (Å²) in [6.45, 7) is 6.06. The van der Waals surface area contributed by atoms with Gasteiger partial charge in [0.15, 0.2) is 0 Å². The van der Waals surface area contributed by atoms with Crippen LogP contribution in [0.1, 0.15) is 19.4 Å². The quantitative estimate of drug-likeness (QED) is 0.848. The lowest BCUT2D eigenvalue weighted by atomic mass is 10.2. The molecule has 2 rings (SSSR count). The summed E-state index contributed by atoms with van der Waals surface area (Å²) in [5.74, 6) is 1.03. The van der Waals surface area contributed by atoms with Crippen LogP contribution in [-0.4, -0.2) is 28.5 Å². The number of aryl methyl sites for hydroxylation is 1. The molecule has 0 bridgehead atoms. The second-order valence-electron chi connectivity index (χ2n) is 4.99. The highest BCUT2D eigenvalue weighted by molar-refractivity contribution is 5.94. The van der Waals surface area contributed by atoms with Gasteiger partial charge in [-0.2, -0.15) is 0 Å². The number of hydrogen-bond acceptors (Lipinski definition) is 6. The van der Waals surface area contributed by atoms with Crippen molar-refractivity contribution in [2.24, 2.45) is 5.73 Å². The molecule has 0 saturated carbocycles. The van der Waals surface area contributed by atoms with Crippen molar-refractivity contribution in [3.8, 4) is 17.5 Å². The molecule has 1 atom stereocenters. The number of hydrogen-bond donors (Lipinski definition) is 2. The van der Waals surface area contributed by atoms with Gasteiger partial charge in [0.2, 0.25) is 5.91 Å². The molecule has 7 heteroatoms. The Kier molecular flexibility index (Phi) is 5.48. The highest BCUT2D eigenvalue weighted by Crippen LogP contribution is 2.26. The lowest BCUT2D eigenvalue weighted by Crippen LogP contribution is -2.32. The number of carbonyl (C=O) groups is 1. The molecule has 0 aliphatic rings. The van der Waals surface area contributed by atoms with E-state index in [1.54, 1.807) is 13.0 Å². The van der Waals surface area contributed by atoms with Crippen molar-refractivity contribution < 1.29 is 14.3 Å². The van der Waals surface area contributed by atoms with Crippen LogP contribution >= 0.6 is 0 Å². The number of carbonyl (C=O) groups excluding carboxylic acids is 1. The third-order valence-electron chi connectivity index (χ3n) is 2.98. The van der Waals surface area contributed by atoms with E-state index in [0.717, 1.165) is 11.3 Å². The van der Waals surface area contributed by atoms with Crippen LogP contribution in [0.15, 0.2) is 30.6 Å². The Hall–Kier alpha value is -2.67. The fraction of sp³-hybridized carbons (Fsp3) is 0.312. The average molecular weight is 316 g/mol. The molecule has 23 heavy (non-hydrogen) atoms. The zero-order valence-electron chi connectivity index (χ0n) is 13.4. The van der Waals surface area contributed by atoms with Crippen molar-refractivity contribution in [3.05, 3.63) is 36.2 Å². The predicted molar refractivity (Wildman–Crippen MR) is 86.7 cm³/mol. The highest BCUT2D eigenvalue weighted by atomic mass is 16.5. The zero-order valence-corrected chi connectivity index (χ0v) is 13.4. The van der Waals surface area contributed by atoms with Gasteiger partial charge in [-0.25, -0.2) is 9.97 Å². The first kappa shape index (κ1) is 16.7. The number of aromatic nitrogens is 2. The molecule has 0 aliphatic carbocycles. The van der Waals surface area contributed by atoms with E-state index in [4.69, 9.17) is 15.2 Å². The summed E-state index contributed by atoms with van der Waals surface area (Å²) in [7, 11) is 0. The lowest BCUT2D eigenvalue weighted by Gasteiger charge is -2.10. The summed E-state index contributed by atoms with van der Waals surface area (Å²) in [4.78, 5) is 19.6. The molecule has 0 spiro atoms. The molecular formula is C16H20N4O3. The van der Waals surface area contributed by atoms with E-state index in [1.165, 1.54) is 12.4 Å². The first-order valence-corrected chi connectivity index (χ1v) is 7.29. The van der Waals surface area contributed by atoms with E-state index < -0.39 is 6.04 Å². The maximum absolute atomic E-state index is 11.5. The van der Waals surface area contributed by atoms with Crippen LogP contribution in [0.5, 0.6) is 17.5 Å². The second kappa shape index (κ2) is 7.55. The normalized spacial score (nSPS) is 11.7. The number of rotatable bonds is 6. The Morgan fingerprint density at radius 2 is 2.04 bits per heavy atom. The summed E-state index contributed by atoms with van der Waals surface area (Å²) in [6.07, 6.45) is 2.92. The average Bonchev–Trinajstić information content (AvgIpc) is 2.52. The van der Waals surface area contributed by atoms with E-state index in [1.807, 2.05) is 26.0 Å². The highest BCUT2D eigenvalue weighted by Gasteiger charge is 2.09. The predicted octanol–water partition coefficient (Wildman–Crippen LogP) is 2.26. The minimum Gasteiger partial charge on any atom is -0.493 e. The summed E-state index contributed by atoms with van der Waals surface area (Å²) >= 11 is 0. The minimum absolute atomic E-state index is 0.176. The van der Waals surface area contributed by atoms with Gasteiger partial charge in [0, 0.05) is 6.07 Å². The molecule has 122 valence electrons. The minimum atomic E-state index is -0.601. The Labute approximate surface area is 134 Å². The van der Waals surface area contributed by atoms with Crippen LogP contribution in [0.25, 0.3) is 0 Å². The molecule has 3 N–H and O–H groups in total. The van der Waals surface area contributed by atoms with Crippen molar-refractivity contribution >= 4 is 11.6 Å². The van der Waals surface area contributed by atoms with Gasteiger partial charge >= 0.3 is 6.01 Å². The van der Waals surface area contributed by atoms with Gasteiger partial charge in [-0.15, -0.1) is 0 Å². The van der Waals surface area contributed by atoms with Crippen molar-refractivity contribution in [2.75, 3.05) is 11.9 Å². The van der Waals surface area contributed by atoms with E-state index in [0.29, 0.717) is 18.0 Å². The summed E-state index contributed by atoms with van der Waals surface area (Å²) in [5.41, 5.74) is 6.96. The molecule has 1 aromatic heterocycles. The first-order valence-electron chi connectivity index (χ1n) is 7.29. The van der Waals surface area contributed by atoms with Crippen LogP contribution in [0, 0.1) is 6.92 Å². The number of benzene rings is 1. The number of nitrogens with two attached hydrogens (primary N) is 1. The molecule has 0 fully saturated rings. The summed E-state index contributed by atoms with van der Waals surface area (Å²) in [5, 5.41) is 2.60. The van der Waals surface area contributed by atoms with Crippen molar-refractivity contribution in [2.45, 2.75) is 26.8 Å². The smallest absolute Gasteiger partial charge is 0.322 e. The van der Waals surface area contributed by atoms with Gasteiger partial charge in [-0.05, 0) is 32.4 Å². The molecule has 0 aliphatic heterocycles. The number of nitrogens with zero attached hydrogens (tertiary/aromatic N) is 2. The van der Waals surface area contributed by atoms with E-state index in [-0.39, 0.29) is 11.9 Å². The summed E-state index contributed by atoms with van der Waals surface area (Å²) in [6, 6.07) is 5.07. The van der Waals surface area contributed by atoms with Gasteiger partial charge < -0.3 is 20.5 Å². The van der Waals surface area contributed by atoms with Gasteiger partial charge in [0.25, 0.3) is 0 Å². The van der Waals surface area contributed by atoms with Crippen LogP contribution in [0.3, 0.4) is 0 Å². The van der Waals surface area contributed by atoms with E-state index in [9.17, 15) is 4.79 Å². The molecular weight excluding hydrogens is 296 g/mol. The molecule has 1 amide bonds. The van der Waals surface area contributed by atoms with E-state index in [2.05, 4.69) is 15.3 Å². The number of ether oxygens (including phenoxy) is 2. The standard InChI is InChI=1S/C16H20N4O3/c1-4-22-14-7-13(6-5-10(14)2)23-16-18-8-12(9-19-16)20-15(21)11(3)17/h5-9,11H,4,17H2,1-3H3,(H,20,21)/t11-/m1/s1. The molecule has 1 aromatic carbocycles. The second-order valence-corrected chi connectivity index (χ2v) is 4.99. The third-order valence-corrected chi connectivity index (χ3v) is 2.98. The van der Waals surface area contributed by atoms with Gasteiger partial charge in [-0.1, -0.05) is 6.07 Å². The van der Waals surface area contributed by atoms with Crippen molar-refractivity contribution in [3.63, 3.8) is 0 Å². The Bertz CT molecular complexity index is 672. The molecule has 0 saturated heterocycles. The van der Waals surface area contributed by atoms with Crippen LogP contribution < -0.4 is 20.5 Å². The molecule has 0 radical (unpaired) electrons. The Balaban J connectivity index is 2.06. The van der Waals surface area contributed by atoms with Gasteiger partial charge in [0.1, 0.15) is 11.5 Å². The zero-order chi connectivity index (χ0) is 16.8. The number of amides is 1.